The van der Waals surface area contributed by atoms with Gasteiger partial charge in [0.1, 0.15) is 5.82 Å². The number of fused-ring (bicyclic) bond motifs is 1. The van der Waals surface area contributed by atoms with Crippen LogP contribution in [0.3, 0.4) is 0 Å². The van der Waals surface area contributed by atoms with Crippen molar-refractivity contribution in [1.82, 2.24) is 4.98 Å². The lowest BCUT2D eigenvalue weighted by atomic mass is 10.0. The molecule has 1 aromatic carbocycles. The number of benzene rings is 1. The largest absolute Gasteiger partial charge is 0.361 e. The quantitative estimate of drug-likeness (QED) is 0.747. The normalized spacial score (nSPS) is 11.4. The van der Waals surface area contributed by atoms with E-state index < -0.39 is 0 Å². The Kier molecular flexibility index (Phi) is 2.28. The van der Waals surface area contributed by atoms with Gasteiger partial charge in [0, 0.05) is 17.1 Å². The van der Waals surface area contributed by atoms with Crippen molar-refractivity contribution in [3.05, 3.63) is 35.8 Å². The molecule has 14 heavy (non-hydrogen) atoms. The molecule has 1 heterocycles. The van der Waals surface area contributed by atoms with Gasteiger partial charge in [0.05, 0.1) is 0 Å². The van der Waals surface area contributed by atoms with Crippen LogP contribution >= 0.6 is 0 Å². The predicted molar refractivity (Wildman–Crippen MR) is 56.8 cm³/mol. The molecule has 0 bridgehead atoms. The Hall–Kier alpha value is -1.31. The zero-order chi connectivity index (χ0) is 10.1. The van der Waals surface area contributed by atoms with Crippen LogP contribution < -0.4 is 0 Å². The van der Waals surface area contributed by atoms with Crippen molar-refractivity contribution in [2.24, 2.45) is 5.92 Å². The Morgan fingerprint density at radius 2 is 2.14 bits per heavy atom. The fourth-order valence-corrected chi connectivity index (χ4v) is 1.76. The standard InChI is InChI=1S/C12H14FN/c1-8(2)5-9-7-14-12-4-3-10(13)6-11(9)12/h3-4,6-8,14H,5H2,1-2H3. The lowest BCUT2D eigenvalue weighted by Crippen LogP contribution is -1.92. The summed E-state index contributed by atoms with van der Waals surface area (Å²) >= 11 is 0. The number of halogens is 1. The highest BCUT2D eigenvalue weighted by atomic mass is 19.1. The maximum absolute atomic E-state index is 13.0. The highest BCUT2D eigenvalue weighted by Crippen LogP contribution is 2.21. The van der Waals surface area contributed by atoms with Crippen molar-refractivity contribution < 1.29 is 4.39 Å². The molecule has 0 saturated carbocycles. The van der Waals surface area contributed by atoms with Crippen LogP contribution in [0.2, 0.25) is 0 Å². The molecule has 0 aliphatic heterocycles. The topological polar surface area (TPSA) is 15.8 Å². The minimum absolute atomic E-state index is 0.165. The van der Waals surface area contributed by atoms with Crippen LogP contribution in [0.25, 0.3) is 10.9 Å². The van der Waals surface area contributed by atoms with Gasteiger partial charge < -0.3 is 4.98 Å². The molecule has 1 aromatic heterocycles. The average molecular weight is 191 g/mol. The van der Waals surface area contributed by atoms with Gasteiger partial charge in [-0.3, -0.25) is 0 Å². The van der Waals surface area contributed by atoms with Crippen molar-refractivity contribution in [2.75, 3.05) is 0 Å². The Labute approximate surface area is 82.9 Å². The average Bonchev–Trinajstić information content (AvgIpc) is 2.47. The Morgan fingerprint density at radius 3 is 2.86 bits per heavy atom. The van der Waals surface area contributed by atoms with Gasteiger partial charge >= 0.3 is 0 Å². The van der Waals surface area contributed by atoms with Crippen LogP contribution in [0.4, 0.5) is 4.39 Å². The molecule has 0 unspecified atom stereocenters. The van der Waals surface area contributed by atoms with E-state index in [0.717, 1.165) is 17.3 Å². The maximum atomic E-state index is 13.0. The molecular weight excluding hydrogens is 177 g/mol. The van der Waals surface area contributed by atoms with Crippen molar-refractivity contribution >= 4 is 10.9 Å². The first-order chi connectivity index (χ1) is 6.66. The summed E-state index contributed by atoms with van der Waals surface area (Å²) in [6, 6.07) is 4.87. The first kappa shape index (κ1) is 9.25. The van der Waals surface area contributed by atoms with Gasteiger partial charge in [-0.15, -0.1) is 0 Å². The Bertz CT molecular complexity index is 443. The molecule has 2 heteroatoms. The van der Waals surface area contributed by atoms with E-state index in [1.54, 1.807) is 12.1 Å². The van der Waals surface area contributed by atoms with Crippen LogP contribution in [-0.4, -0.2) is 4.98 Å². The van der Waals surface area contributed by atoms with Crippen LogP contribution in [0.5, 0.6) is 0 Å². The second-order valence-electron chi connectivity index (χ2n) is 4.10. The van der Waals surface area contributed by atoms with Crippen molar-refractivity contribution in [2.45, 2.75) is 20.3 Å². The van der Waals surface area contributed by atoms with E-state index in [1.807, 2.05) is 6.20 Å². The molecule has 0 aliphatic rings. The summed E-state index contributed by atoms with van der Waals surface area (Å²) in [5.41, 5.74) is 2.22. The summed E-state index contributed by atoms with van der Waals surface area (Å²) in [6.07, 6.45) is 2.97. The van der Waals surface area contributed by atoms with Gasteiger partial charge in [0.2, 0.25) is 0 Å². The SMILES string of the molecule is CC(C)Cc1c[nH]c2ccc(F)cc12. The highest BCUT2D eigenvalue weighted by Gasteiger charge is 2.06. The van der Waals surface area contributed by atoms with E-state index in [1.165, 1.54) is 11.6 Å². The van der Waals surface area contributed by atoms with Gasteiger partial charge in [-0.2, -0.15) is 0 Å². The summed E-state index contributed by atoms with van der Waals surface area (Å²) in [7, 11) is 0. The lowest BCUT2D eigenvalue weighted by molar-refractivity contribution is 0.628. The molecule has 1 N–H and O–H groups in total. The van der Waals surface area contributed by atoms with Crippen LogP contribution in [-0.2, 0) is 6.42 Å². The summed E-state index contributed by atoms with van der Waals surface area (Å²) < 4.78 is 13.0. The minimum Gasteiger partial charge on any atom is -0.361 e. The van der Waals surface area contributed by atoms with E-state index in [9.17, 15) is 4.39 Å². The predicted octanol–water partition coefficient (Wildman–Crippen LogP) is 3.51. The fourth-order valence-electron chi connectivity index (χ4n) is 1.76. The van der Waals surface area contributed by atoms with Gasteiger partial charge in [0.15, 0.2) is 0 Å². The van der Waals surface area contributed by atoms with Crippen molar-refractivity contribution in [1.29, 1.82) is 0 Å². The minimum atomic E-state index is -0.165. The number of H-pyrrole nitrogens is 1. The first-order valence-corrected chi connectivity index (χ1v) is 4.92. The maximum Gasteiger partial charge on any atom is 0.123 e. The molecule has 2 rings (SSSR count). The summed E-state index contributed by atoms with van der Waals surface area (Å²) in [4.78, 5) is 3.15. The number of aromatic amines is 1. The van der Waals surface area contributed by atoms with E-state index in [2.05, 4.69) is 18.8 Å². The Morgan fingerprint density at radius 1 is 1.36 bits per heavy atom. The molecule has 0 fully saturated rings. The smallest absolute Gasteiger partial charge is 0.123 e. The van der Waals surface area contributed by atoms with E-state index in [-0.39, 0.29) is 5.82 Å². The third-order valence-electron chi connectivity index (χ3n) is 2.36. The van der Waals surface area contributed by atoms with Crippen LogP contribution in [0.1, 0.15) is 19.4 Å². The number of hydrogen-bond acceptors (Lipinski definition) is 0. The molecule has 0 saturated heterocycles. The summed E-state index contributed by atoms with van der Waals surface area (Å²) in [5.74, 6) is 0.430. The van der Waals surface area contributed by atoms with Crippen LogP contribution in [0, 0.1) is 11.7 Å². The third-order valence-corrected chi connectivity index (χ3v) is 2.36. The molecule has 74 valence electrons. The zero-order valence-electron chi connectivity index (χ0n) is 8.47. The summed E-state index contributed by atoms with van der Waals surface area (Å²) in [6.45, 7) is 4.33. The second kappa shape index (κ2) is 3.45. The molecule has 0 radical (unpaired) electrons. The number of rotatable bonds is 2. The molecule has 0 amide bonds. The first-order valence-electron chi connectivity index (χ1n) is 4.92. The van der Waals surface area contributed by atoms with Gasteiger partial charge in [-0.25, -0.2) is 4.39 Å². The van der Waals surface area contributed by atoms with Crippen molar-refractivity contribution in [3.63, 3.8) is 0 Å². The highest BCUT2D eigenvalue weighted by molar-refractivity contribution is 5.83. The number of hydrogen-bond donors (Lipinski definition) is 1. The molecule has 1 nitrogen and oxygen atoms in total. The fraction of sp³-hybridized carbons (Fsp3) is 0.333. The molecular formula is C12H14FN. The monoisotopic (exact) mass is 191 g/mol. The Balaban J connectivity index is 2.50. The molecule has 0 atom stereocenters. The van der Waals surface area contributed by atoms with Gasteiger partial charge in [0.25, 0.3) is 0 Å². The second-order valence-corrected chi connectivity index (χ2v) is 4.10. The van der Waals surface area contributed by atoms with E-state index in [4.69, 9.17) is 0 Å². The molecule has 0 spiro atoms. The summed E-state index contributed by atoms with van der Waals surface area (Å²) in [5, 5.41) is 1.01. The lowest BCUT2D eigenvalue weighted by Gasteiger charge is -2.02. The van der Waals surface area contributed by atoms with Crippen molar-refractivity contribution in [3.8, 4) is 0 Å². The van der Waals surface area contributed by atoms with E-state index >= 15 is 0 Å². The molecule has 0 aliphatic carbocycles. The number of aromatic nitrogens is 1. The zero-order valence-corrected chi connectivity index (χ0v) is 8.47. The van der Waals surface area contributed by atoms with Gasteiger partial charge in [-0.1, -0.05) is 13.8 Å². The molecule has 2 aromatic rings. The van der Waals surface area contributed by atoms with Crippen LogP contribution in [0.15, 0.2) is 24.4 Å². The van der Waals surface area contributed by atoms with E-state index in [0.29, 0.717) is 5.92 Å². The number of nitrogens with one attached hydrogen (secondary N) is 1. The van der Waals surface area contributed by atoms with Gasteiger partial charge in [-0.05, 0) is 36.1 Å². The third kappa shape index (κ3) is 1.65.